The van der Waals surface area contributed by atoms with Gasteiger partial charge in [0.1, 0.15) is 0 Å². The number of carboxylic acids is 1. The molecule has 1 unspecified atom stereocenters. The molecular formula is C14H19NO3. The molecule has 4 nitrogen and oxygen atoms in total. The highest BCUT2D eigenvalue weighted by Gasteiger charge is 2.43. The van der Waals surface area contributed by atoms with Gasteiger partial charge in [0.05, 0.1) is 0 Å². The van der Waals surface area contributed by atoms with Crippen LogP contribution in [0.25, 0.3) is 0 Å². The van der Waals surface area contributed by atoms with E-state index in [0.717, 1.165) is 5.69 Å². The van der Waals surface area contributed by atoms with Crippen LogP contribution in [0.3, 0.4) is 0 Å². The Kier molecular flexibility index (Phi) is 4.11. The van der Waals surface area contributed by atoms with Crippen LogP contribution in [0.4, 0.5) is 5.69 Å². The molecule has 1 atom stereocenters. The summed E-state index contributed by atoms with van der Waals surface area (Å²) in [5, 5.41) is 9.39. The summed E-state index contributed by atoms with van der Waals surface area (Å²) < 4.78 is 0. The molecule has 98 valence electrons. The van der Waals surface area contributed by atoms with E-state index in [1.807, 2.05) is 31.1 Å². The predicted octanol–water partition coefficient (Wildman–Crippen LogP) is 2.07. The Hall–Kier alpha value is -1.84. The molecule has 0 bridgehead atoms. The van der Waals surface area contributed by atoms with Crippen molar-refractivity contribution in [2.45, 2.75) is 25.7 Å². The van der Waals surface area contributed by atoms with Gasteiger partial charge in [-0.05, 0) is 31.0 Å². The Morgan fingerprint density at radius 1 is 1.22 bits per heavy atom. The molecule has 0 aliphatic heterocycles. The summed E-state index contributed by atoms with van der Waals surface area (Å²) in [5.41, 5.74) is 0.0819. The van der Waals surface area contributed by atoms with Gasteiger partial charge in [-0.15, -0.1) is 0 Å². The van der Waals surface area contributed by atoms with Crippen LogP contribution in [0.2, 0.25) is 0 Å². The Balaban J connectivity index is 3.31. The minimum Gasteiger partial charge on any atom is -0.480 e. The average Bonchev–Trinajstić information content (AvgIpc) is 2.30. The van der Waals surface area contributed by atoms with E-state index in [1.54, 1.807) is 19.1 Å². The summed E-state index contributed by atoms with van der Waals surface area (Å²) >= 11 is 0. The van der Waals surface area contributed by atoms with Crippen molar-refractivity contribution in [3.05, 3.63) is 29.8 Å². The van der Waals surface area contributed by atoms with E-state index in [-0.39, 0.29) is 12.2 Å². The zero-order chi connectivity index (χ0) is 13.9. The van der Waals surface area contributed by atoms with E-state index in [4.69, 9.17) is 0 Å². The molecule has 0 radical (unpaired) electrons. The number of hydrogen-bond acceptors (Lipinski definition) is 3. The van der Waals surface area contributed by atoms with E-state index >= 15 is 0 Å². The topological polar surface area (TPSA) is 57.6 Å². The second-order valence-corrected chi connectivity index (χ2v) is 4.56. The number of aliphatic carboxylic acids is 1. The average molecular weight is 249 g/mol. The van der Waals surface area contributed by atoms with Crippen LogP contribution in [0.15, 0.2) is 24.3 Å². The fraction of sp³-hybridized carbons (Fsp3) is 0.429. The van der Waals surface area contributed by atoms with Crippen LogP contribution in [0.5, 0.6) is 0 Å². The quantitative estimate of drug-likeness (QED) is 0.812. The summed E-state index contributed by atoms with van der Waals surface area (Å²) in [5.74, 6) is -1.43. The highest BCUT2D eigenvalue weighted by molar-refractivity contribution is 6.08. The molecular weight excluding hydrogens is 230 g/mol. The summed E-state index contributed by atoms with van der Waals surface area (Å²) in [7, 11) is 3.81. The summed E-state index contributed by atoms with van der Waals surface area (Å²) in [6.07, 6.45) is 0.249. The first kappa shape index (κ1) is 14.2. The SMILES string of the molecule is CCC(C(C)=O)(C(=O)O)c1ccc(N(C)C)cc1. The van der Waals surface area contributed by atoms with E-state index in [2.05, 4.69) is 0 Å². The first-order chi connectivity index (χ1) is 8.36. The van der Waals surface area contributed by atoms with Crippen LogP contribution in [-0.4, -0.2) is 31.0 Å². The van der Waals surface area contributed by atoms with Crippen molar-refractivity contribution in [3.63, 3.8) is 0 Å². The third-order valence-corrected chi connectivity index (χ3v) is 3.37. The standard InChI is InChI=1S/C14H19NO3/c1-5-14(10(2)16,13(17)18)11-6-8-12(9-7-11)15(3)4/h6-9H,5H2,1-4H3,(H,17,18). The van der Waals surface area contributed by atoms with E-state index in [0.29, 0.717) is 5.56 Å². The van der Waals surface area contributed by atoms with Gasteiger partial charge < -0.3 is 10.0 Å². The van der Waals surface area contributed by atoms with Gasteiger partial charge in [-0.2, -0.15) is 0 Å². The predicted molar refractivity (Wildman–Crippen MR) is 71.1 cm³/mol. The van der Waals surface area contributed by atoms with Crippen LogP contribution in [0, 0.1) is 0 Å². The van der Waals surface area contributed by atoms with Crippen molar-refractivity contribution >= 4 is 17.4 Å². The Bertz CT molecular complexity index is 435. The molecule has 4 heteroatoms. The lowest BCUT2D eigenvalue weighted by Gasteiger charge is -2.26. The van der Waals surface area contributed by atoms with Crippen molar-refractivity contribution in [2.24, 2.45) is 0 Å². The number of carboxylic acid groups (broad SMARTS) is 1. The zero-order valence-electron chi connectivity index (χ0n) is 11.2. The number of Topliss-reactive ketones (excluding diaryl/α,β-unsaturated/α-hetero) is 1. The fourth-order valence-electron chi connectivity index (χ4n) is 2.13. The number of carbonyl (C=O) groups is 2. The first-order valence-corrected chi connectivity index (χ1v) is 5.88. The number of ketones is 1. The number of benzene rings is 1. The van der Waals surface area contributed by atoms with Gasteiger partial charge in [-0.25, -0.2) is 0 Å². The monoisotopic (exact) mass is 249 g/mol. The largest absolute Gasteiger partial charge is 0.480 e. The van der Waals surface area contributed by atoms with Gasteiger partial charge in [0.25, 0.3) is 0 Å². The van der Waals surface area contributed by atoms with Gasteiger partial charge >= 0.3 is 5.97 Å². The van der Waals surface area contributed by atoms with Crippen molar-refractivity contribution in [3.8, 4) is 0 Å². The van der Waals surface area contributed by atoms with Gasteiger partial charge in [-0.3, -0.25) is 9.59 Å². The van der Waals surface area contributed by atoms with Gasteiger partial charge in [0.15, 0.2) is 11.2 Å². The zero-order valence-corrected chi connectivity index (χ0v) is 11.2. The highest BCUT2D eigenvalue weighted by atomic mass is 16.4. The summed E-state index contributed by atoms with van der Waals surface area (Å²) in [6.45, 7) is 3.05. The maximum atomic E-state index is 11.8. The molecule has 1 N–H and O–H groups in total. The van der Waals surface area contributed by atoms with Crippen molar-refractivity contribution < 1.29 is 14.7 Å². The maximum absolute atomic E-state index is 11.8. The van der Waals surface area contributed by atoms with Crippen molar-refractivity contribution in [1.29, 1.82) is 0 Å². The van der Waals surface area contributed by atoms with Gasteiger partial charge in [-0.1, -0.05) is 19.1 Å². The highest BCUT2D eigenvalue weighted by Crippen LogP contribution is 2.31. The lowest BCUT2D eigenvalue weighted by molar-refractivity contribution is -0.148. The van der Waals surface area contributed by atoms with E-state index in [9.17, 15) is 14.7 Å². The Morgan fingerprint density at radius 3 is 2.00 bits per heavy atom. The smallest absolute Gasteiger partial charge is 0.321 e. The third-order valence-electron chi connectivity index (χ3n) is 3.37. The second kappa shape index (κ2) is 5.21. The van der Waals surface area contributed by atoms with Crippen molar-refractivity contribution in [1.82, 2.24) is 0 Å². The molecule has 1 rings (SSSR count). The molecule has 18 heavy (non-hydrogen) atoms. The molecule has 0 fully saturated rings. The molecule has 0 heterocycles. The lowest BCUT2D eigenvalue weighted by Crippen LogP contribution is -2.41. The van der Waals surface area contributed by atoms with Crippen LogP contribution in [-0.2, 0) is 15.0 Å². The second-order valence-electron chi connectivity index (χ2n) is 4.56. The van der Waals surface area contributed by atoms with Crippen LogP contribution >= 0.6 is 0 Å². The van der Waals surface area contributed by atoms with Crippen LogP contribution < -0.4 is 4.90 Å². The number of hydrogen-bond donors (Lipinski definition) is 1. The molecule has 0 saturated carbocycles. The van der Waals surface area contributed by atoms with E-state index in [1.165, 1.54) is 6.92 Å². The van der Waals surface area contributed by atoms with Gasteiger partial charge in [0, 0.05) is 19.8 Å². The molecule has 1 aromatic carbocycles. The molecule has 0 amide bonds. The molecule has 0 aliphatic rings. The summed E-state index contributed by atoms with van der Waals surface area (Å²) in [6, 6.07) is 7.08. The molecule has 0 spiro atoms. The third kappa shape index (κ3) is 2.23. The lowest BCUT2D eigenvalue weighted by atomic mass is 9.75. The number of nitrogens with zero attached hydrogens (tertiary/aromatic N) is 1. The normalized spacial score (nSPS) is 13.8. The van der Waals surface area contributed by atoms with Crippen LogP contribution in [0.1, 0.15) is 25.8 Å². The number of rotatable bonds is 5. The Morgan fingerprint density at radius 2 is 1.72 bits per heavy atom. The number of carbonyl (C=O) groups excluding carboxylic acids is 1. The molecule has 0 aromatic heterocycles. The first-order valence-electron chi connectivity index (χ1n) is 5.88. The minimum atomic E-state index is -1.43. The Labute approximate surface area is 107 Å². The molecule has 1 aromatic rings. The van der Waals surface area contributed by atoms with Crippen molar-refractivity contribution in [2.75, 3.05) is 19.0 Å². The number of anilines is 1. The van der Waals surface area contributed by atoms with Gasteiger partial charge in [0.2, 0.25) is 0 Å². The maximum Gasteiger partial charge on any atom is 0.321 e. The molecule has 0 aliphatic carbocycles. The van der Waals surface area contributed by atoms with E-state index < -0.39 is 11.4 Å². The fourth-order valence-corrected chi connectivity index (χ4v) is 2.13. The molecule has 0 saturated heterocycles. The summed E-state index contributed by atoms with van der Waals surface area (Å²) in [4.78, 5) is 25.2. The minimum absolute atomic E-state index is 0.249.